The summed E-state index contributed by atoms with van der Waals surface area (Å²) in [5, 5.41) is 8.26. The fourth-order valence-electron chi connectivity index (χ4n) is 3.47. The smallest absolute Gasteiger partial charge is 0.264 e. The quantitative estimate of drug-likeness (QED) is 0.497. The van der Waals surface area contributed by atoms with Gasteiger partial charge in [0.1, 0.15) is 11.9 Å². The average molecular weight is 481 g/mol. The molecule has 0 saturated carbocycles. The van der Waals surface area contributed by atoms with Crippen LogP contribution in [-0.4, -0.2) is 35.8 Å². The highest BCUT2D eigenvalue weighted by Gasteiger charge is 2.37. The molecule has 172 valence electrons. The highest BCUT2D eigenvalue weighted by molar-refractivity contribution is 7.93. The van der Waals surface area contributed by atoms with Gasteiger partial charge in [0, 0.05) is 31.3 Å². The van der Waals surface area contributed by atoms with Crippen molar-refractivity contribution in [3.05, 3.63) is 59.1 Å². The highest BCUT2D eigenvalue weighted by Crippen LogP contribution is 2.40. The number of aromatic nitrogens is 3. The predicted octanol–water partition coefficient (Wildman–Crippen LogP) is 4.98. The van der Waals surface area contributed by atoms with E-state index < -0.39 is 21.4 Å². The van der Waals surface area contributed by atoms with E-state index in [1.165, 1.54) is 22.5 Å². The third-order valence-corrected chi connectivity index (χ3v) is 7.40. The summed E-state index contributed by atoms with van der Waals surface area (Å²) in [6.45, 7) is 7.02. The molecule has 1 aromatic heterocycles. The number of methoxy groups -OCH3 is 1. The van der Waals surface area contributed by atoms with Crippen LogP contribution in [0, 0.1) is 5.82 Å². The maximum absolute atomic E-state index is 14.7. The number of benzene rings is 2. The molecule has 0 unspecified atom stereocenters. The second-order valence-electron chi connectivity index (χ2n) is 8.36. The Labute approximate surface area is 192 Å². The molecule has 0 fully saturated rings. The van der Waals surface area contributed by atoms with Gasteiger partial charge in [0.15, 0.2) is 11.6 Å². The van der Waals surface area contributed by atoms with Crippen LogP contribution in [0.4, 0.5) is 10.1 Å². The van der Waals surface area contributed by atoms with E-state index in [2.05, 4.69) is 10.2 Å². The molecule has 0 aliphatic heterocycles. The lowest BCUT2D eigenvalue weighted by Gasteiger charge is -2.37. The Morgan fingerprint density at radius 1 is 1.16 bits per heavy atom. The molecule has 0 radical (unpaired) electrons. The van der Waals surface area contributed by atoms with Gasteiger partial charge in [-0.25, -0.2) is 12.8 Å². The molecule has 1 atom stereocenters. The monoisotopic (exact) mass is 480 g/mol. The summed E-state index contributed by atoms with van der Waals surface area (Å²) >= 11 is 6.11. The molecule has 10 heteroatoms. The Morgan fingerprint density at radius 3 is 2.34 bits per heavy atom. The lowest BCUT2D eigenvalue weighted by Crippen LogP contribution is -2.46. The number of hydrogen-bond acceptors (Lipinski definition) is 5. The van der Waals surface area contributed by atoms with Gasteiger partial charge in [-0.1, -0.05) is 29.8 Å². The third kappa shape index (κ3) is 4.37. The van der Waals surface area contributed by atoms with E-state index in [0.29, 0.717) is 17.2 Å². The number of rotatable bonds is 6. The Hall–Kier alpha value is -2.49. The molecule has 3 rings (SSSR count). The first-order valence-corrected chi connectivity index (χ1v) is 11.7. The molecule has 0 N–H and O–H groups in total. The fraction of sp³-hybridized carbons (Fsp3) is 0.364. The maximum Gasteiger partial charge on any atom is 0.264 e. The van der Waals surface area contributed by atoms with E-state index in [9.17, 15) is 12.8 Å². The molecule has 3 aromatic rings. The Bertz CT molecular complexity index is 1220. The van der Waals surface area contributed by atoms with Crippen LogP contribution in [0.5, 0.6) is 0 Å². The number of ether oxygens (including phenoxy) is 1. The number of anilines is 1. The first-order valence-electron chi connectivity index (χ1n) is 9.91. The molecule has 0 saturated heterocycles. The molecular weight excluding hydrogens is 455 g/mol. The summed E-state index contributed by atoms with van der Waals surface area (Å²) in [6.07, 6.45) is -0.354. The van der Waals surface area contributed by atoms with Gasteiger partial charge in [-0.2, -0.15) is 0 Å². The van der Waals surface area contributed by atoms with Crippen LogP contribution in [0.1, 0.15) is 39.6 Å². The normalized spacial score (nSPS) is 13.2. The van der Waals surface area contributed by atoms with Crippen LogP contribution in [-0.2, 0) is 21.8 Å². The minimum absolute atomic E-state index is 0.0860. The SMILES string of the molecule is CO[C@@H](C)c1nnc(-c2cc(Cl)c(F)cc2N(C(C)(C)C)S(=O)(=O)c2ccccc2)n1C. The molecule has 1 heterocycles. The lowest BCUT2D eigenvalue weighted by atomic mass is 10.1. The van der Waals surface area contributed by atoms with E-state index in [1.807, 2.05) is 6.92 Å². The van der Waals surface area contributed by atoms with Crippen molar-refractivity contribution < 1.29 is 17.5 Å². The molecule has 0 aliphatic rings. The Balaban J connectivity index is 2.33. The topological polar surface area (TPSA) is 77.3 Å². The zero-order valence-corrected chi connectivity index (χ0v) is 20.4. The molecule has 0 aliphatic carbocycles. The van der Waals surface area contributed by atoms with Crippen molar-refractivity contribution >= 4 is 27.3 Å². The largest absolute Gasteiger partial charge is 0.374 e. The molecule has 7 nitrogen and oxygen atoms in total. The molecule has 32 heavy (non-hydrogen) atoms. The Kier molecular flexibility index (Phi) is 6.65. The van der Waals surface area contributed by atoms with E-state index >= 15 is 0 Å². The summed E-state index contributed by atoms with van der Waals surface area (Å²) in [6, 6.07) is 10.5. The summed E-state index contributed by atoms with van der Waals surface area (Å²) in [5.41, 5.74) is -0.504. The summed E-state index contributed by atoms with van der Waals surface area (Å²) in [4.78, 5) is 0.0860. The molecule has 0 amide bonds. The fourth-order valence-corrected chi connectivity index (χ4v) is 5.47. The van der Waals surface area contributed by atoms with E-state index in [0.717, 1.165) is 6.07 Å². The van der Waals surface area contributed by atoms with Crippen molar-refractivity contribution in [3.63, 3.8) is 0 Å². The first kappa shape index (κ1) is 24.2. The van der Waals surface area contributed by atoms with Crippen molar-refractivity contribution in [3.8, 4) is 11.4 Å². The third-order valence-electron chi connectivity index (χ3n) is 5.01. The molecule has 0 bridgehead atoms. The van der Waals surface area contributed by atoms with Gasteiger partial charge in [-0.15, -0.1) is 10.2 Å². The summed E-state index contributed by atoms with van der Waals surface area (Å²) in [5.74, 6) is 0.121. The zero-order valence-electron chi connectivity index (χ0n) is 18.8. The van der Waals surface area contributed by atoms with E-state index in [-0.39, 0.29) is 21.7 Å². The van der Waals surface area contributed by atoms with Gasteiger partial charge in [0.2, 0.25) is 0 Å². The van der Waals surface area contributed by atoms with Crippen LogP contribution in [0.2, 0.25) is 5.02 Å². The van der Waals surface area contributed by atoms with Gasteiger partial charge in [0.05, 0.1) is 15.6 Å². The number of nitrogens with zero attached hydrogens (tertiary/aromatic N) is 4. The van der Waals surface area contributed by atoms with Crippen molar-refractivity contribution in [1.82, 2.24) is 14.8 Å². The lowest BCUT2D eigenvalue weighted by molar-refractivity contribution is 0.109. The van der Waals surface area contributed by atoms with E-state index in [4.69, 9.17) is 16.3 Å². The zero-order chi connectivity index (χ0) is 23.8. The highest BCUT2D eigenvalue weighted by atomic mass is 35.5. The predicted molar refractivity (Wildman–Crippen MR) is 123 cm³/mol. The van der Waals surface area contributed by atoms with Crippen LogP contribution < -0.4 is 4.31 Å². The first-order chi connectivity index (χ1) is 14.9. The van der Waals surface area contributed by atoms with Gasteiger partial charge in [-0.05, 0) is 45.9 Å². The molecular formula is C22H26ClFN4O3S. The van der Waals surface area contributed by atoms with Crippen LogP contribution in [0.3, 0.4) is 0 Å². The number of hydrogen-bond donors (Lipinski definition) is 0. The molecule has 2 aromatic carbocycles. The minimum atomic E-state index is -4.06. The molecule has 0 spiro atoms. The second-order valence-corrected chi connectivity index (χ2v) is 10.5. The van der Waals surface area contributed by atoms with E-state index in [1.54, 1.807) is 57.7 Å². The minimum Gasteiger partial charge on any atom is -0.374 e. The van der Waals surface area contributed by atoms with Crippen LogP contribution in [0.15, 0.2) is 47.4 Å². The van der Waals surface area contributed by atoms with Gasteiger partial charge in [0.25, 0.3) is 10.0 Å². The Morgan fingerprint density at radius 2 is 1.78 bits per heavy atom. The van der Waals surface area contributed by atoms with Gasteiger partial charge < -0.3 is 9.30 Å². The van der Waals surface area contributed by atoms with Crippen molar-refractivity contribution in [1.29, 1.82) is 0 Å². The van der Waals surface area contributed by atoms with Crippen LogP contribution >= 0.6 is 11.6 Å². The van der Waals surface area contributed by atoms with Crippen molar-refractivity contribution in [2.75, 3.05) is 11.4 Å². The van der Waals surface area contributed by atoms with Gasteiger partial charge in [-0.3, -0.25) is 4.31 Å². The summed E-state index contributed by atoms with van der Waals surface area (Å²) in [7, 11) is -0.778. The number of sulfonamides is 1. The van der Waals surface area contributed by atoms with Crippen LogP contribution in [0.25, 0.3) is 11.4 Å². The maximum atomic E-state index is 14.7. The summed E-state index contributed by atoms with van der Waals surface area (Å²) < 4.78 is 50.3. The standard InChI is InChI=1S/C22H26ClFN4O3S/c1-14(31-6)20-25-26-21(27(20)5)16-12-17(23)18(24)13-19(16)28(22(2,3)4)32(29,30)15-10-8-7-9-11-15/h7-14H,1-6H3/t14-/m0/s1. The van der Waals surface area contributed by atoms with Crippen molar-refractivity contribution in [2.45, 2.75) is 44.2 Å². The van der Waals surface area contributed by atoms with Crippen molar-refractivity contribution in [2.24, 2.45) is 7.05 Å². The van der Waals surface area contributed by atoms with Gasteiger partial charge >= 0.3 is 0 Å². The number of halogens is 2. The average Bonchev–Trinajstić information content (AvgIpc) is 3.10. The second kappa shape index (κ2) is 8.80.